The molecule has 104 valence electrons. The Kier molecular flexibility index (Phi) is 4.29. The summed E-state index contributed by atoms with van der Waals surface area (Å²) in [7, 11) is 0. The number of hydrogen-bond acceptors (Lipinski definition) is 3. The highest BCUT2D eigenvalue weighted by molar-refractivity contribution is 8.00. The van der Waals surface area contributed by atoms with Gasteiger partial charge >= 0.3 is 5.51 Å². The van der Waals surface area contributed by atoms with Crippen molar-refractivity contribution in [3.63, 3.8) is 0 Å². The van der Waals surface area contributed by atoms with E-state index in [1.807, 2.05) is 0 Å². The first-order chi connectivity index (χ1) is 9.44. The Hall–Kier alpha value is -2.02. The van der Waals surface area contributed by atoms with E-state index < -0.39 is 11.4 Å². The molecule has 0 radical (unpaired) electrons. The van der Waals surface area contributed by atoms with Gasteiger partial charge in [0.1, 0.15) is 5.82 Å². The summed E-state index contributed by atoms with van der Waals surface area (Å²) < 4.78 is 36.5. The van der Waals surface area contributed by atoms with Crippen LogP contribution in [-0.4, -0.2) is 16.4 Å². The second-order valence-electron chi connectivity index (χ2n) is 3.74. The van der Waals surface area contributed by atoms with E-state index in [2.05, 4.69) is 10.3 Å². The fourth-order valence-electron chi connectivity index (χ4n) is 1.43. The lowest BCUT2D eigenvalue weighted by Crippen LogP contribution is -2.12. The molecule has 1 amide bonds. The summed E-state index contributed by atoms with van der Waals surface area (Å²) in [6.07, 6.45) is 1.53. The van der Waals surface area contributed by atoms with E-state index in [0.717, 1.165) is 0 Å². The normalized spacial score (nSPS) is 11.2. The number of carbonyl (C=O) groups excluding carboxylic acids is 1. The quantitative estimate of drug-likeness (QED) is 0.873. The second-order valence-corrected chi connectivity index (χ2v) is 4.88. The van der Waals surface area contributed by atoms with Crippen molar-refractivity contribution in [3.05, 3.63) is 54.2 Å². The molecular weight excluding hydrogens is 289 g/mol. The van der Waals surface area contributed by atoms with E-state index in [-0.39, 0.29) is 22.2 Å². The highest BCUT2D eigenvalue weighted by Crippen LogP contribution is 2.36. The zero-order chi connectivity index (χ0) is 14.6. The van der Waals surface area contributed by atoms with E-state index in [1.165, 1.54) is 30.5 Å². The van der Waals surface area contributed by atoms with Crippen LogP contribution in [0.2, 0.25) is 0 Å². The lowest BCUT2D eigenvalue weighted by Gasteiger charge is -2.07. The van der Waals surface area contributed by atoms with Crippen LogP contribution in [0.15, 0.2) is 53.6 Å². The SMILES string of the molecule is O=C(Nc1ccccn1)c1ccc(SC(F)(F)F)cc1. The lowest BCUT2D eigenvalue weighted by molar-refractivity contribution is -0.0328. The van der Waals surface area contributed by atoms with Crippen LogP contribution < -0.4 is 5.32 Å². The van der Waals surface area contributed by atoms with Gasteiger partial charge in [-0.05, 0) is 48.2 Å². The number of nitrogens with zero attached hydrogens (tertiary/aromatic N) is 1. The van der Waals surface area contributed by atoms with Gasteiger partial charge in [0.2, 0.25) is 0 Å². The average Bonchev–Trinajstić information content (AvgIpc) is 2.39. The number of rotatable bonds is 3. The van der Waals surface area contributed by atoms with Gasteiger partial charge in [0.15, 0.2) is 0 Å². The molecule has 2 rings (SSSR count). The number of aromatic nitrogens is 1. The van der Waals surface area contributed by atoms with Crippen LogP contribution in [0, 0.1) is 0 Å². The van der Waals surface area contributed by atoms with Crippen LogP contribution >= 0.6 is 11.8 Å². The molecule has 0 aliphatic heterocycles. The van der Waals surface area contributed by atoms with Crippen molar-refractivity contribution in [2.45, 2.75) is 10.4 Å². The third-order valence-corrected chi connectivity index (χ3v) is 3.00. The van der Waals surface area contributed by atoms with E-state index in [4.69, 9.17) is 0 Å². The smallest absolute Gasteiger partial charge is 0.307 e. The maximum atomic E-state index is 12.2. The van der Waals surface area contributed by atoms with Gasteiger partial charge in [-0.1, -0.05) is 6.07 Å². The first-order valence-corrected chi connectivity index (χ1v) is 6.34. The monoisotopic (exact) mass is 298 g/mol. The Morgan fingerprint density at radius 3 is 2.35 bits per heavy atom. The Morgan fingerprint density at radius 1 is 1.10 bits per heavy atom. The Bertz CT molecular complexity index is 585. The fraction of sp³-hybridized carbons (Fsp3) is 0.0769. The molecule has 0 unspecified atom stereocenters. The van der Waals surface area contributed by atoms with Gasteiger partial charge in [0.05, 0.1) is 0 Å². The predicted molar refractivity (Wildman–Crippen MR) is 70.5 cm³/mol. The van der Waals surface area contributed by atoms with Crippen LogP contribution in [0.4, 0.5) is 19.0 Å². The van der Waals surface area contributed by atoms with Crippen LogP contribution in [-0.2, 0) is 0 Å². The standard InChI is InChI=1S/C13H9F3N2OS/c14-13(15,16)20-10-6-4-9(5-7-10)12(19)18-11-3-1-2-8-17-11/h1-8H,(H,17,18,19). The van der Waals surface area contributed by atoms with Gasteiger partial charge in [-0.2, -0.15) is 13.2 Å². The molecule has 0 saturated heterocycles. The molecule has 1 aromatic heterocycles. The molecule has 1 aromatic carbocycles. The molecular formula is C13H9F3N2OS. The summed E-state index contributed by atoms with van der Waals surface area (Å²) in [5.41, 5.74) is -4.07. The summed E-state index contributed by atoms with van der Waals surface area (Å²) in [6, 6.07) is 10.2. The summed E-state index contributed by atoms with van der Waals surface area (Å²) in [6.45, 7) is 0. The number of alkyl halides is 3. The zero-order valence-corrected chi connectivity index (χ0v) is 10.8. The molecule has 1 N–H and O–H groups in total. The van der Waals surface area contributed by atoms with Gasteiger partial charge in [0, 0.05) is 16.7 Å². The van der Waals surface area contributed by atoms with Crippen molar-refractivity contribution < 1.29 is 18.0 Å². The van der Waals surface area contributed by atoms with Crippen LogP contribution in [0.3, 0.4) is 0 Å². The van der Waals surface area contributed by atoms with E-state index in [1.54, 1.807) is 18.2 Å². The average molecular weight is 298 g/mol. The Labute approximate surface area is 117 Å². The Morgan fingerprint density at radius 2 is 1.80 bits per heavy atom. The number of hydrogen-bond donors (Lipinski definition) is 1. The second kappa shape index (κ2) is 5.96. The Balaban J connectivity index is 2.04. The van der Waals surface area contributed by atoms with Crippen LogP contribution in [0.1, 0.15) is 10.4 Å². The molecule has 3 nitrogen and oxygen atoms in total. The van der Waals surface area contributed by atoms with Crippen molar-refractivity contribution in [2.24, 2.45) is 0 Å². The van der Waals surface area contributed by atoms with Crippen LogP contribution in [0.5, 0.6) is 0 Å². The molecule has 0 aliphatic rings. The number of pyridine rings is 1. The number of nitrogens with one attached hydrogen (secondary N) is 1. The highest BCUT2D eigenvalue weighted by Gasteiger charge is 2.29. The number of halogens is 3. The number of amides is 1. The molecule has 20 heavy (non-hydrogen) atoms. The third kappa shape index (κ3) is 4.27. The van der Waals surface area contributed by atoms with Gasteiger partial charge in [-0.25, -0.2) is 4.98 Å². The number of benzene rings is 1. The fourth-order valence-corrected chi connectivity index (χ4v) is 1.97. The van der Waals surface area contributed by atoms with Gasteiger partial charge < -0.3 is 5.32 Å². The van der Waals surface area contributed by atoms with Crippen LogP contribution in [0.25, 0.3) is 0 Å². The number of anilines is 1. The highest BCUT2D eigenvalue weighted by atomic mass is 32.2. The lowest BCUT2D eigenvalue weighted by atomic mass is 10.2. The number of carbonyl (C=O) groups is 1. The molecule has 7 heteroatoms. The largest absolute Gasteiger partial charge is 0.446 e. The van der Waals surface area contributed by atoms with Crippen molar-refractivity contribution >= 4 is 23.5 Å². The minimum atomic E-state index is -4.34. The maximum Gasteiger partial charge on any atom is 0.446 e. The summed E-state index contributed by atoms with van der Waals surface area (Å²) in [4.78, 5) is 15.8. The topological polar surface area (TPSA) is 42.0 Å². The van der Waals surface area contributed by atoms with Crippen molar-refractivity contribution in [1.29, 1.82) is 0 Å². The maximum absolute atomic E-state index is 12.2. The summed E-state index contributed by atoms with van der Waals surface area (Å²) in [5.74, 6) is -0.0431. The molecule has 1 heterocycles. The minimum absolute atomic E-state index is 0.0342. The van der Waals surface area contributed by atoms with Crippen molar-refractivity contribution in [3.8, 4) is 0 Å². The minimum Gasteiger partial charge on any atom is -0.307 e. The first-order valence-electron chi connectivity index (χ1n) is 5.52. The van der Waals surface area contributed by atoms with Gasteiger partial charge in [0.25, 0.3) is 5.91 Å². The van der Waals surface area contributed by atoms with Crippen molar-refractivity contribution in [2.75, 3.05) is 5.32 Å². The van der Waals surface area contributed by atoms with E-state index in [0.29, 0.717) is 5.82 Å². The summed E-state index contributed by atoms with van der Waals surface area (Å²) >= 11 is -0.219. The molecule has 0 fully saturated rings. The van der Waals surface area contributed by atoms with Gasteiger partial charge in [-0.15, -0.1) is 0 Å². The van der Waals surface area contributed by atoms with Crippen molar-refractivity contribution in [1.82, 2.24) is 4.98 Å². The molecule has 2 aromatic rings. The van der Waals surface area contributed by atoms with E-state index in [9.17, 15) is 18.0 Å². The predicted octanol–water partition coefficient (Wildman–Crippen LogP) is 3.95. The number of thioether (sulfide) groups is 1. The summed E-state index contributed by atoms with van der Waals surface area (Å²) in [5, 5.41) is 2.55. The zero-order valence-electron chi connectivity index (χ0n) is 10.0. The molecule has 0 spiro atoms. The molecule has 0 aliphatic carbocycles. The first kappa shape index (κ1) is 14.4. The van der Waals surface area contributed by atoms with E-state index >= 15 is 0 Å². The third-order valence-electron chi connectivity index (χ3n) is 2.26. The van der Waals surface area contributed by atoms with Gasteiger partial charge in [-0.3, -0.25) is 4.79 Å². The molecule has 0 bridgehead atoms. The molecule has 0 atom stereocenters. The molecule has 0 saturated carbocycles.